The summed E-state index contributed by atoms with van der Waals surface area (Å²) in [5.74, 6) is -0.168. The highest BCUT2D eigenvalue weighted by molar-refractivity contribution is 5.92. The summed E-state index contributed by atoms with van der Waals surface area (Å²) in [4.78, 5) is 10.8. The Hall–Kier alpha value is -2.33. The minimum atomic E-state index is -0.168. The smallest absolute Gasteiger partial charge is 0.238 e. The molecule has 0 saturated heterocycles. The van der Waals surface area contributed by atoms with Gasteiger partial charge in [-0.25, -0.2) is 0 Å². The van der Waals surface area contributed by atoms with E-state index in [4.69, 9.17) is 11.5 Å². The van der Waals surface area contributed by atoms with Gasteiger partial charge in [0.15, 0.2) is 0 Å². The number of carbonyl (C=O) groups excluding carboxylic acids is 1. The standard InChI is InChI=1S/C9H12N2O.C7H9N/c1-7-2-4-8(5-3-7)11-9(12)6-10;1-6-2-4-7(8)5-3-6/h2-5H,6,10H2,1H3,(H,11,12);2-5H,8H2,1H3. The zero-order chi connectivity index (χ0) is 15.0. The number of carbonyl (C=O) groups is 1. The van der Waals surface area contributed by atoms with Crippen molar-refractivity contribution in [1.82, 2.24) is 0 Å². The van der Waals surface area contributed by atoms with Crippen LogP contribution in [0.1, 0.15) is 11.1 Å². The second-order valence-corrected chi connectivity index (χ2v) is 4.53. The second-order valence-electron chi connectivity index (χ2n) is 4.53. The number of anilines is 2. The monoisotopic (exact) mass is 271 g/mol. The molecule has 4 heteroatoms. The average molecular weight is 271 g/mol. The molecule has 0 fully saturated rings. The van der Waals surface area contributed by atoms with Crippen molar-refractivity contribution >= 4 is 17.3 Å². The number of amides is 1. The van der Waals surface area contributed by atoms with Crippen LogP contribution in [0.5, 0.6) is 0 Å². The molecule has 2 rings (SSSR count). The maximum absolute atomic E-state index is 10.8. The van der Waals surface area contributed by atoms with Gasteiger partial charge in [0, 0.05) is 11.4 Å². The molecule has 0 aromatic heterocycles. The van der Waals surface area contributed by atoms with Gasteiger partial charge in [0.05, 0.1) is 6.54 Å². The lowest BCUT2D eigenvalue weighted by Gasteiger charge is -2.02. The molecule has 2 aromatic carbocycles. The van der Waals surface area contributed by atoms with Gasteiger partial charge in [-0.2, -0.15) is 0 Å². The van der Waals surface area contributed by atoms with Crippen molar-refractivity contribution in [3.05, 3.63) is 59.7 Å². The van der Waals surface area contributed by atoms with E-state index in [1.165, 1.54) is 11.1 Å². The van der Waals surface area contributed by atoms with Crippen molar-refractivity contribution in [1.29, 1.82) is 0 Å². The van der Waals surface area contributed by atoms with Crippen LogP contribution in [0.3, 0.4) is 0 Å². The average Bonchev–Trinajstić information content (AvgIpc) is 2.45. The predicted octanol–water partition coefficient (Wildman–Crippen LogP) is 2.47. The van der Waals surface area contributed by atoms with E-state index >= 15 is 0 Å². The number of nitrogens with two attached hydrogens (primary N) is 2. The first-order valence-electron chi connectivity index (χ1n) is 6.40. The quantitative estimate of drug-likeness (QED) is 0.734. The summed E-state index contributed by atoms with van der Waals surface area (Å²) in [6, 6.07) is 15.4. The normalized spacial score (nSPS) is 9.35. The van der Waals surface area contributed by atoms with E-state index in [1.807, 2.05) is 62.4 Å². The molecule has 1 amide bonds. The summed E-state index contributed by atoms with van der Waals surface area (Å²) in [7, 11) is 0. The van der Waals surface area contributed by atoms with Crippen molar-refractivity contribution in [2.75, 3.05) is 17.6 Å². The molecule has 0 saturated carbocycles. The van der Waals surface area contributed by atoms with Gasteiger partial charge in [-0.3, -0.25) is 4.79 Å². The first kappa shape index (κ1) is 15.7. The van der Waals surface area contributed by atoms with Crippen LogP contribution in [0.4, 0.5) is 11.4 Å². The highest BCUT2D eigenvalue weighted by atomic mass is 16.1. The Morgan fingerprint density at radius 1 is 0.950 bits per heavy atom. The fraction of sp³-hybridized carbons (Fsp3) is 0.188. The molecule has 0 atom stereocenters. The van der Waals surface area contributed by atoms with Gasteiger partial charge in [0.1, 0.15) is 0 Å². The molecule has 20 heavy (non-hydrogen) atoms. The molecule has 0 aliphatic carbocycles. The Labute approximate surface area is 119 Å². The lowest BCUT2D eigenvalue weighted by Crippen LogP contribution is -2.21. The topological polar surface area (TPSA) is 81.1 Å². The molecule has 5 N–H and O–H groups in total. The van der Waals surface area contributed by atoms with E-state index in [0.717, 1.165) is 11.4 Å². The number of benzene rings is 2. The van der Waals surface area contributed by atoms with Gasteiger partial charge in [-0.15, -0.1) is 0 Å². The number of aryl methyl sites for hydroxylation is 2. The number of hydrogen-bond donors (Lipinski definition) is 3. The molecule has 0 spiro atoms. The van der Waals surface area contributed by atoms with Crippen LogP contribution < -0.4 is 16.8 Å². The van der Waals surface area contributed by atoms with Gasteiger partial charge in [0.25, 0.3) is 0 Å². The van der Waals surface area contributed by atoms with E-state index in [1.54, 1.807) is 0 Å². The van der Waals surface area contributed by atoms with Crippen LogP contribution in [0.25, 0.3) is 0 Å². The number of hydrogen-bond acceptors (Lipinski definition) is 3. The predicted molar refractivity (Wildman–Crippen MR) is 84.5 cm³/mol. The summed E-state index contributed by atoms with van der Waals surface area (Å²) in [6.07, 6.45) is 0. The fourth-order valence-corrected chi connectivity index (χ4v) is 1.42. The SMILES string of the molecule is Cc1ccc(N)cc1.Cc1ccc(NC(=O)CN)cc1. The Bertz CT molecular complexity index is 512. The Kier molecular flexibility index (Phi) is 6.26. The zero-order valence-corrected chi connectivity index (χ0v) is 11.9. The summed E-state index contributed by atoms with van der Waals surface area (Å²) in [5, 5.41) is 2.65. The maximum Gasteiger partial charge on any atom is 0.238 e. The highest BCUT2D eigenvalue weighted by Crippen LogP contribution is 2.07. The third-order valence-electron chi connectivity index (χ3n) is 2.60. The summed E-state index contributed by atoms with van der Waals surface area (Å²) < 4.78 is 0. The molecular weight excluding hydrogens is 250 g/mol. The fourth-order valence-electron chi connectivity index (χ4n) is 1.42. The van der Waals surface area contributed by atoms with Crippen LogP contribution in [0.2, 0.25) is 0 Å². The van der Waals surface area contributed by atoms with Crippen molar-refractivity contribution in [2.45, 2.75) is 13.8 Å². The van der Waals surface area contributed by atoms with Crippen LogP contribution in [0.15, 0.2) is 48.5 Å². The van der Waals surface area contributed by atoms with Gasteiger partial charge >= 0.3 is 0 Å². The van der Waals surface area contributed by atoms with Crippen molar-refractivity contribution in [3.8, 4) is 0 Å². The van der Waals surface area contributed by atoms with E-state index in [-0.39, 0.29) is 12.5 Å². The molecule has 0 aliphatic heterocycles. The molecular formula is C16H21N3O. The maximum atomic E-state index is 10.8. The highest BCUT2D eigenvalue weighted by Gasteiger charge is 1.96. The molecule has 0 heterocycles. The lowest BCUT2D eigenvalue weighted by molar-refractivity contribution is -0.114. The summed E-state index contributed by atoms with van der Waals surface area (Å²) >= 11 is 0. The van der Waals surface area contributed by atoms with Crippen molar-refractivity contribution in [2.24, 2.45) is 5.73 Å². The lowest BCUT2D eigenvalue weighted by atomic mass is 10.2. The van der Waals surface area contributed by atoms with Gasteiger partial charge in [-0.1, -0.05) is 35.4 Å². The Morgan fingerprint density at radius 2 is 1.40 bits per heavy atom. The number of nitrogens with one attached hydrogen (secondary N) is 1. The van der Waals surface area contributed by atoms with Crippen LogP contribution in [-0.2, 0) is 4.79 Å². The molecule has 4 nitrogen and oxygen atoms in total. The van der Waals surface area contributed by atoms with Gasteiger partial charge in [-0.05, 0) is 38.1 Å². The molecule has 106 valence electrons. The third kappa shape index (κ3) is 6.02. The van der Waals surface area contributed by atoms with Crippen LogP contribution >= 0.6 is 0 Å². The molecule has 0 unspecified atom stereocenters. The van der Waals surface area contributed by atoms with E-state index < -0.39 is 0 Å². The first-order chi connectivity index (χ1) is 9.51. The van der Waals surface area contributed by atoms with E-state index in [9.17, 15) is 4.79 Å². The van der Waals surface area contributed by atoms with Gasteiger partial charge < -0.3 is 16.8 Å². The van der Waals surface area contributed by atoms with Crippen LogP contribution in [0, 0.1) is 13.8 Å². The van der Waals surface area contributed by atoms with Crippen LogP contribution in [-0.4, -0.2) is 12.5 Å². The number of rotatable bonds is 2. The minimum absolute atomic E-state index is 0.0217. The first-order valence-corrected chi connectivity index (χ1v) is 6.40. The molecule has 2 aromatic rings. The largest absolute Gasteiger partial charge is 0.399 e. The molecule has 0 radical (unpaired) electrons. The minimum Gasteiger partial charge on any atom is -0.399 e. The Morgan fingerprint density at radius 3 is 1.80 bits per heavy atom. The van der Waals surface area contributed by atoms with Crippen molar-refractivity contribution in [3.63, 3.8) is 0 Å². The molecule has 0 aliphatic rings. The second kappa shape index (κ2) is 7.96. The molecule has 0 bridgehead atoms. The van der Waals surface area contributed by atoms with Crippen molar-refractivity contribution < 1.29 is 4.79 Å². The van der Waals surface area contributed by atoms with Gasteiger partial charge in [0.2, 0.25) is 5.91 Å². The summed E-state index contributed by atoms with van der Waals surface area (Å²) in [6.45, 7) is 4.06. The van der Waals surface area contributed by atoms with E-state index in [2.05, 4.69) is 5.32 Å². The third-order valence-corrected chi connectivity index (χ3v) is 2.60. The number of nitrogen functional groups attached to an aromatic ring is 1. The summed E-state index contributed by atoms with van der Waals surface area (Å²) in [5.41, 5.74) is 14.6. The Balaban J connectivity index is 0.000000217. The zero-order valence-electron chi connectivity index (χ0n) is 11.9. The van der Waals surface area contributed by atoms with E-state index in [0.29, 0.717) is 0 Å².